The Balaban J connectivity index is 1.90. The van der Waals surface area contributed by atoms with Crippen molar-refractivity contribution in [1.29, 1.82) is 0 Å². The zero-order valence-electron chi connectivity index (χ0n) is 14.0. The summed E-state index contributed by atoms with van der Waals surface area (Å²) in [4.78, 5) is 25.7. The van der Waals surface area contributed by atoms with E-state index in [0.29, 0.717) is 29.7 Å². The molecule has 5 heteroatoms. The Morgan fingerprint density at radius 1 is 1.38 bits per heavy atom. The van der Waals surface area contributed by atoms with Crippen molar-refractivity contribution in [2.24, 2.45) is 17.3 Å². The average molecular weight is 328 g/mol. The van der Waals surface area contributed by atoms with Gasteiger partial charge in [0.15, 0.2) is 5.78 Å². The SMILES string of the molecule is COc1cc2c3c(c1C)C[C@@H]1[C@@H]4C[C@H](C)[C@@](CC2=O)(C(=O)O4)[C@]31O. The van der Waals surface area contributed by atoms with Crippen LogP contribution in [0.25, 0.3) is 0 Å². The summed E-state index contributed by atoms with van der Waals surface area (Å²) >= 11 is 0. The minimum absolute atomic E-state index is 0.0192. The molecular formula is C19H20O5. The van der Waals surface area contributed by atoms with Gasteiger partial charge in [0.25, 0.3) is 0 Å². The molecule has 24 heavy (non-hydrogen) atoms. The number of esters is 1. The molecule has 126 valence electrons. The number of rotatable bonds is 1. The number of ketones is 1. The topological polar surface area (TPSA) is 72.8 Å². The van der Waals surface area contributed by atoms with Gasteiger partial charge in [0.05, 0.1) is 7.11 Å². The van der Waals surface area contributed by atoms with E-state index in [1.54, 1.807) is 13.2 Å². The first-order valence-corrected chi connectivity index (χ1v) is 8.53. The van der Waals surface area contributed by atoms with Crippen LogP contribution in [0.3, 0.4) is 0 Å². The normalized spacial score (nSPS) is 41.2. The summed E-state index contributed by atoms with van der Waals surface area (Å²) < 4.78 is 11.1. The van der Waals surface area contributed by atoms with Gasteiger partial charge < -0.3 is 14.6 Å². The minimum atomic E-state index is -1.29. The lowest BCUT2D eigenvalue weighted by Crippen LogP contribution is -2.71. The zero-order chi connectivity index (χ0) is 17.0. The third-order valence-corrected chi connectivity index (χ3v) is 7.15. The molecule has 5 atom stereocenters. The molecule has 1 aromatic carbocycles. The van der Waals surface area contributed by atoms with E-state index in [-0.39, 0.29) is 30.1 Å². The van der Waals surface area contributed by atoms with E-state index in [4.69, 9.17) is 9.47 Å². The second kappa shape index (κ2) is 4.02. The van der Waals surface area contributed by atoms with Gasteiger partial charge in [-0.25, -0.2) is 0 Å². The van der Waals surface area contributed by atoms with Gasteiger partial charge in [-0.1, -0.05) is 6.92 Å². The maximum absolute atomic E-state index is 12.9. The fraction of sp³-hybridized carbons (Fsp3) is 0.579. The largest absolute Gasteiger partial charge is 0.496 e. The molecule has 2 heterocycles. The number of carbonyl (C=O) groups is 2. The molecule has 2 saturated heterocycles. The van der Waals surface area contributed by atoms with Crippen molar-refractivity contribution in [1.82, 2.24) is 0 Å². The second-order valence-corrected chi connectivity index (χ2v) is 7.83. The minimum Gasteiger partial charge on any atom is -0.496 e. The van der Waals surface area contributed by atoms with Gasteiger partial charge in [0, 0.05) is 17.9 Å². The molecule has 0 aromatic heterocycles. The predicted molar refractivity (Wildman–Crippen MR) is 83.9 cm³/mol. The Morgan fingerprint density at radius 3 is 2.79 bits per heavy atom. The van der Waals surface area contributed by atoms with E-state index in [1.165, 1.54) is 0 Å². The van der Waals surface area contributed by atoms with Gasteiger partial charge in [0.2, 0.25) is 0 Å². The molecule has 0 radical (unpaired) electrons. The molecule has 5 nitrogen and oxygen atoms in total. The van der Waals surface area contributed by atoms with Crippen LogP contribution in [0, 0.1) is 24.2 Å². The van der Waals surface area contributed by atoms with Crippen molar-refractivity contribution in [3.05, 3.63) is 28.3 Å². The standard InChI is InChI=1S/C19H20O5/c1-8-4-15-12-5-10-9(2)14(23-3)6-11-13(20)7-18(8,17(21)24-15)19(12,22)16(10)11/h6,8,12,15,22H,4-5,7H2,1-3H3/t8-,12+,15-,18-,19+/m0/s1. The number of carbonyl (C=O) groups excluding carboxylic acids is 2. The van der Waals surface area contributed by atoms with Gasteiger partial charge in [-0.05, 0) is 48.4 Å². The Hall–Kier alpha value is -1.88. The second-order valence-electron chi connectivity index (χ2n) is 7.83. The molecular weight excluding hydrogens is 308 g/mol. The highest BCUT2D eigenvalue weighted by atomic mass is 16.6. The van der Waals surface area contributed by atoms with Crippen LogP contribution >= 0.6 is 0 Å². The van der Waals surface area contributed by atoms with Crippen LogP contribution in [-0.2, 0) is 21.6 Å². The lowest BCUT2D eigenvalue weighted by molar-refractivity contribution is -0.270. The van der Waals surface area contributed by atoms with Crippen LogP contribution in [0.1, 0.15) is 46.8 Å². The molecule has 1 spiro atoms. The summed E-state index contributed by atoms with van der Waals surface area (Å²) in [5, 5.41) is 11.9. The lowest BCUT2D eigenvalue weighted by Gasteiger charge is -2.61. The Morgan fingerprint density at radius 2 is 2.12 bits per heavy atom. The van der Waals surface area contributed by atoms with E-state index in [0.717, 1.165) is 11.1 Å². The molecule has 2 bridgehead atoms. The predicted octanol–water partition coefficient (Wildman–Crippen LogP) is 1.90. The van der Waals surface area contributed by atoms with Gasteiger partial charge in [-0.3, -0.25) is 9.59 Å². The summed E-state index contributed by atoms with van der Waals surface area (Å²) in [6, 6.07) is 1.74. The number of aliphatic hydroxyl groups is 1. The Kier molecular flexibility index (Phi) is 2.42. The first-order valence-electron chi connectivity index (χ1n) is 8.53. The van der Waals surface area contributed by atoms with Gasteiger partial charge in [-0.2, -0.15) is 0 Å². The molecule has 3 fully saturated rings. The van der Waals surface area contributed by atoms with E-state index in [2.05, 4.69) is 0 Å². The summed E-state index contributed by atoms with van der Waals surface area (Å²) in [6.07, 6.45) is 1.08. The maximum Gasteiger partial charge on any atom is 0.316 e. The number of Topliss-reactive ketones (excluding diaryl/α,β-unsaturated/α-hetero) is 1. The van der Waals surface area contributed by atoms with Crippen LogP contribution in [0.2, 0.25) is 0 Å². The number of hydrogen-bond donors (Lipinski definition) is 1. The van der Waals surface area contributed by atoms with Crippen molar-refractivity contribution in [2.75, 3.05) is 7.11 Å². The molecule has 2 aliphatic heterocycles. The van der Waals surface area contributed by atoms with Gasteiger partial charge in [0.1, 0.15) is 22.9 Å². The number of hydrogen-bond acceptors (Lipinski definition) is 5. The Bertz CT molecular complexity index is 828. The zero-order valence-corrected chi connectivity index (χ0v) is 14.0. The average Bonchev–Trinajstić information content (AvgIpc) is 2.86. The molecule has 3 aliphatic carbocycles. The number of benzene rings is 1. The highest BCUT2D eigenvalue weighted by Gasteiger charge is 2.76. The molecule has 5 aliphatic rings. The fourth-order valence-corrected chi connectivity index (χ4v) is 5.99. The summed E-state index contributed by atoms with van der Waals surface area (Å²) in [5.41, 5.74) is 0.684. The van der Waals surface area contributed by atoms with E-state index < -0.39 is 17.0 Å². The summed E-state index contributed by atoms with van der Waals surface area (Å²) in [7, 11) is 1.59. The first kappa shape index (κ1) is 14.5. The molecule has 0 amide bonds. The first-order chi connectivity index (χ1) is 11.4. The lowest BCUT2D eigenvalue weighted by atomic mass is 9.47. The number of fused-ring (bicyclic) bond motifs is 2. The van der Waals surface area contributed by atoms with Crippen molar-refractivity contribution in [3.63, 3.8) is 0 Å². The molecule has 1 aromatic rings. The van der Waals surface area contributed by atoms with Gasteiger partial charge >= 0.3 is 5.97 Å². The van der Waals surface area contributed by atoms with Crippen molar-refractivity contribution in [3.8, 4) is 5.75 Å². The fourth-order valence-electron chi connectivity index (χ4n) is 5.99. The number of methoxy groups -OCH3 is 1. The van der Waals surface area contributed by atoms with E-state index in [9.17, 15) is 14.7 Å². The molecule has 0 unspecified atom stereocenters. The molecule has 1 N–H and O–H groups in total. The van der Waals surface area contributed by atoms with Crippen LogP contribution in [0.4, 0.5) is 0 Å². The van der Waals surface area contributed by atoms with Gasteiger partial charge in [-0.15, -0.1) is 0 Å². The van der Waals surface area contributed by atoms with Crippen molar-refractivity contribution in [2.45, 2.75) is 44.8 Å². The van der Waals surface area contributed by atoms with Crippen LogP contribution in [0.5, 0.6) is 5.75 Å². The highest BCUT2D eigenvalue weighted by Crippen LogP contribution is 2.69. The Labute approximate surface area is 139 Å². The van der Waals surface area contributed by atoms with Crippen LogP contribution in [-0.4, -0.2) is 30.1 Å². The quantitative estimate of drug-likeness (QED) is 0.797. The molecule has 6 rings (SSSR count). The monoisotopic (exact) mass is 328 g/mol. The van der Waals surface area contributed by atoms with E-state index >= 15 is 0 Å². The van der Waals surface area contributed by atoms with Crippen molar-refractivity contribution < 1.29 is 24.2 Å². The van der Waals surface area contributed by atoms with Crippen LogP contribution in [0.15, 0.2) is 6.07 Å². The third-order valence-electron chi connectivity index (χ3n) is 7.15. The summed E-state index contributed by atoms with van der Waals surface area (Å²) in [5.74, 6) is -0.0678. The smallest absolute Gasteiger partial charge is 0.316 e. The van der Waals surface area contributed by atoms with Crippen LogP contribution < -0.4 is 4.74 Å². The number of ether oxygens (including phenoxy) is 2. The van der Waals surface area contributed by atoms with E-state index in [1.807, 2.05) is 13.8 Å². The highest BCUT2D eigenvalue weighted by molar-refractivity contribution is 6.05. The summed E-state index contributed by atoms with van der Waals surface area (Å²) in [6.45, 7) is 3.92. The third kappa shape index (κ3) is 1.21. The maximum atomic E-state index is 12.9. The molecule has 1 saturated carbocycles. The van der Waals surface area contributed by atoms with Crippen molar-refractivity contribution >= 4 is 11.8 Å².